The number of imidazole rings is 1. The van der Waals surface area contributed by atoms with Crippen LogP contribution in [0.15, 0.2) is 36.8 Å². The molecule has 0 saturated carbocycles. The number of hydrogen-bond acceptors (Lipinski definition) is 3. The molecular formula is C13H14F3N3O. The zero-order valence-electron chi connectivity index (χ0n) is 10.8. The number of benzene rings is 1. The molecule has 0 unspecified atom stereocenters. The Labute approximate surface area is 114 Å². The highest BCUT2D eigenvalue weighted by molar-refractivity contribution is 5.49. The lowest BCUT2D eigenvalue weighted by Gasteiger charge is -2.22. The predicted molar refractivity (Wildman–Crippen MR) is 68.4 cm³/mol. The molecule has 2 aromatic rings. The molecule has 0 atom stereocenters. The summed E-state index contributed by atoms with van der Waals surface area (Å²) in [4.78, 5) is 8.92. The standard InChI is InChI=1S/C13H14F3N3O/c1-2-19(8-10-7-17-9-18-10)11-3-5-12(6-4-11)20-13(14,15)16/h3-7,9H,2,8H2,1H3,(H,17,18). The largest absolute Gasteiger partial charge is 0.573 e. The Balaban J connectivity index is 2.07. The SMILES string of the molecule is CCN(Cc1cnc[nH]1)c1ccc(OC(F)(F)F)cc1. The molecule has 0 saturated heterocycles. The molecule has 108 valence electrons. The van der Waals surface area contributed by atoms with Crippen LogP contribution in [0, 0.1) is 0 Å². The van der Waals surface area contributed by atoms with Gasteiger partial charge in [-0.3, -0.25) is 0 Å². The van der Waals surface area contributed by atoms with E-state index in [1.165, 1.54) is 12.1 Å². The van der Waals surface area contributed by atoms with Crippen LogP contribution in [0.1, 0.15) is 12.6 Å². The number of halogens is 3. The van der Waals surface area contributed by atoms with E-state index in [1.54, 1.807) is 24.7 Å². The lowest BCUT2D eigenvalue weighted by atomic mass is 10.2. The van der Waals surface area contributed by atoms with Crippen molar-refractivity contribution in [2.24, 2.45) is 0 Å². The molecule has 0 fully saturated rings. The Morgan fingerprint density at radius 2 is 1.95 bits per heavy atom. The summed E-state index contributed by atoms with van der Waals surface area (Å²) in [7, 11) is 0. The maximum Gasteiger partial charge on any atom is 0.573 e. The molecule has 4 nitrogen and oxygen atoms in total. The van der Waals surface area contributed by atoms with Crippen molar-refractivity contribution >= 4 is 5.69 Å². The number of ether oxygens (including phenoxy) is 1. The molecule has 0 aliphatic heterocycles. The average molecular weight is 285 g/mol. The third-order valence-corrected chi connectivity index (χ3v) is 2.73. The maximum absolute atomic E-state index is 12.1. The van der Waals surface area contributed by atoms with Gasteiger partial charge in [0.2, 0.25) is 0 Å². The Bertz CT molecular complexity index is 523. The summed E-state index contributed by atoms with van der Waals surface area (Å²) in [5.74, 6) is -0.223. The number of aromatic nitrogens is 2. The van der Waals surface area contributed by atoms with Crippen LogP contribution >= 0.6 is 0 Å². The van der Waals surface area contributed by atoms with Crippen molar-refractivity contribution in [3.63, 3.8) is 0 Å². The number of anilines is 1. The van der Waals surface area contributed by atoms with E-state index in [-0.39, 0.29) is 5.75 Å². The van der Waals surface area contributed by atoms with Crippen LogP contribution < -0.4 is 9.64 Å². The summed E-state index contributed by atoms with van der Waals surface area (Å²) >= 11 is 0. The third kappa shape index (κ3) is 3.91. The van der Waals surface area contributed by atoms with Gasteiger partial charge >= 0.3 is 6.36 Å². The molecule has 20 heavy (non-hydrogen) atoms. The fourth-order valence-corrected chi connectivity index (χ4v) is 1.82. The summed E-state index contributed by atoms with van der Waals surface area (Å²) in [6, 6.07) is 5.80. The third-order valence-electron chi connectivity index (χ3n) is 2.73. The van der Waals surface area contributed by atoms with Gasteiger partial charge in [0.1, 0.15) is 5.75 Å². The van der Waals surface area contributed by atoms with Gasteiger partial charge < -0.3 is 14.6 Å². The molecule has 0 aliphatic rings. The molecule has 0 radical (unpaired) electrons. The topological polar surface area (TPSA) is 41.2 Å². The quantitative estimate of drug-likeness (QED) is 0.916. The second kappa shape index (κ2) is 5.85. The number of rotatable bonds is 5. The molecule has 1 aromatic heterocycles. The minimum Gasteiger partial charge on any atom is -0.406 e. The lowest BCUT2D eigenvalue weighted by molar-refractivity contribution is -0.274. The number of alkyl halides is 3. The van der Waals surface area contributed by atoms with Gasteiger partial charge in [0.15, 0.2) is 0 Å². The number of hydrogen-bond donors (Lipinski definition) is 1. The van der Waals surface area contributed by atoms with E-state index in [0.717, 1.165) is 17.9 Å². The zero-order chi connectivity index (χ0) is 14.6. The van der Waals surface area contributed by atoms with Gasteiger partial charge in [-0.25, -0.2) is 4.98 Å². The first kappa shape index (κ1) is 14.2. The summed E-state index contributed by atoms with van der Waals surface area (Å²) in [5, 5.41) is 0. The van der Waals surface area contributed by atoms with Crippen LogP contribution in [0.2, 0.25) is 0 Å². The molecule has 2 rings (SSSR count). The van der Waals surface area contributed by atoms with Crippen molar-refractivity contribution in [3.05, 3.63) is 42.5 Å². The fourth-order valence-electron chi connectivity index (χ4n) is 1.82. The fraction of sp³-hybridized carbons (Fsp3) is 0.308. The smallest absolute Gasteiger partial charge is 0.406 e. The highest BCUT2D eigenvalue weighted by Crippen LogP contribution is 2.25. The molecular weight excluding hydrogens is 271 g/mol. The van der Waals surface area contributed by atoms with E-state index in [0.29, 0.717) is 6.54 Å². The first-order valence-corrected chi connectivity index (χ1v) is 6.06. The molecule has 0 amide bonds. The zero-order valence-corrected chi connectivity index (χ0v) is 10.8. The Morgan fingerprint density at radius 1 is 1.25 bits per heavy atom. The van der Waals surface area contributed by atoms with E-state index in [2.05, 4.69) is 14.7 Å². The molecule has 1 N–H and O–H groups in total. The minimum absolute atomic E-state index is 0.223. The first-order valence-electron chi connectivity index (χ1n) is 6.06. The van der Waals surface area contributed by atoms with Gasteiger partial charge in [-0.1, -0.05) is 0 Å². The van der Waals surface area contributed by atoms with Crippen LogP contribution in [0.4, 0.5) is 18.9 Å². The Kier molecular flexibility index (Phi) is 4.16. The van der Waals surface area contributed by atoms with Gasteiger partial charge in [0, 0.05) is 18.4 Å². The summed E-state index contributed by atoms with van der Waals surface area (Å²) in [6.45, 7) is 3.30. The molecule has 1 heterocycles. The van der Waals surface area contributed by atoms with Crippen molar-refractivity contribution in [1.29, 1.82) is 0 Å². The van der Waals surface area contributed by atoms with Crippen molar-refractivity contribution in [1.82, 2.24) is 9.97 Å². The van der Waals surface area contributed by atoms with E-state index < -0.39 is 6.36 Å². The highest BCUT2D eigenvalue weighted by Gasteiger charge is 2.31. The van der Waals surface area contributed by atoms with E-state index >= 15 is 0 Å². The van der Waals surface area contributed by atoms with Crippen LogP contribution in [0.25, 0.3) is 0 Å². The second-order valence-corrected chi connectivity index (χ2v) is 4.13. The van der Waals surface area contributed by atoms with Gasteiger partial charge in [-0.15, -0.1) is 13.2 Å². The van der Waals surface area contributed by atoms with Gasteiger partial charge in [0.25, 0.3) is 0 Å². The minimum atomic E-state index is -4.66. The Morgan fingerprint density at radius 3 is 2.45 bits per heavy atom. The summed E-state index contributed by atoms with van der Waals surface area (Å²) < 4.78 is 40.1. The number of H-pyrrole nitrogens is 1. The molecule has 1 aromatic carbocycles. The van der Waals surface area contributed by atoms with Crippen LogP contribution in [-0.2, 0) is 6.54 Å². The van der Waals surface area contributed by atoms with Gasteiger partial charge in [-0.05, 0) is 31.2 Å². The van der Waals surface area contributed by atoms with Crippen LogP contribution in [-0.4, -0.2) is 22.9 Å². The van der Waals surface area contributed by atoms with Crippen molar-refractivity contribution in [2.75, 3.05) is 11.4 Å². The van der Waals surface area contributed by atoms with Crippen molar-refractivity contribution in [2.45, 2.75) is 19.8 Å². The number of aromatic amines is 1. The van der Waals surface area contributed by atoms with Crippen molar-refractivity contribution in [3.8, 4) is 5.75 Å². The van der Waals surface area contributed by atoms with E-state index in [4.69, 9.17) is 0 Å². The molecule has 0 bridgehead atoms. The normalized spacial score (nSPS) is 11.4. The maximum atomic E-state index is 12.1. The molecule has 0 spiro atoms. The van der Waals surface area contributed by atoms with E-state index in [1.807, 2.05) is 11.8 Å². The van der Waals surface area contributed by atoms with Crippen LogP contribution in [0.3, 0.4) is 0 Å². The monoisotopic (exact) mass is 285 g/mol. The first-order chi connectivity index (χ1) is 9.48. The van der Waals surface area contributed by atoms with Crippen molar-refractivity contribution < 1.29 is 17.9 Å². The van der Waals surface area contributed by atoms with Gasteiger partial charge in [0.05, 0.1) is 18.6 Å². The predicted octanol–water partition coefficient (Wildman–Crippen LogP) is 3.33. The Hall–Kier alpha value is -2.18. The lowest BCUT2D eigenvalue weighted by Crippen LogP contribution is -2.22. The molecule has 7 heteroatoms. The summed E-state index contributed by atoms with van der Waals surface area (Å²) in [6.07, 6.45) is -1.37. The number of nitrogens with zero attached hydrogens (tertiary/aromatic N) is 2. The summed E-state index contributed by atoms with van der Waals surface area (Å²) in [5.41, 5.74) is 1.75. The molecule has 0 aliphatic carbocycles. The van der Waals surface area contributed by atoms with Gasteiger partial charge in [-0.2, -0.15) is 0 Å². The average Bonchev–Trinajstić information content (AvgIpc) is 2.88. The second-order valence-electron chi connectivity index (χ2n) is 4.13. The van der Waals surface area contributed by atoms with Crippen LogP contribution in [0.5, 0.6) is 5.75 Å². The number of nitrogens with one attached hydrogen (secondary N) is 1. The highest BCUT2D eigenvalue weighted by atomic mass is 19.4. The van der Waals surface area contributed by atoms with E-state index in [9.17, 15) is 13.2 Å².